The van der Waals surface area contributed by atoms with Crippen LogP contribution in [0.5, 0.6) is 0 Å². The summed E-state index contributed by atoms with van der Waals surface area (Å²) in [7, 11) is 0. The van der Waals surface area contributed by atoms with E-state index in [1.165, 1.54) is 0 Å². The number of piperazine rings is 1. The molecule has 1 aliphatic heterocycles. The molecule has 0 saturated carbocycles. The van der Waals surface area contributed by atoms with Gasteiger partial charge in [-0.1, -0.05) is 5.16 Å². The highest BCUT2D eigenvalue weighted by molar-refractivity contribution is 5.96. The third-order valence-corrected chi connectivity index (χ3v) is 3.52. The first-order valence-corrected chi connectivity index (χ1v) is 6.95. The summed E-state index contributed by atoms with van der Waals surface area (Å²) in [4.78, 5) is 16.5. The lowest BCUT2D eigenvalue weighted by atomic mass is 10.1. The zero-order valence-electron chi connectivity index (χ0n) is 12.6. The number of rotatable bonds is 3. The average Bonchev–Trinajstić information content (AvgIpc) is 2.67. The summed E-state index contributed by atoms with van der Waals surface area (Å²) in [6, 6.07) is 0. The molecule has 2 rings (SSSR count). The maximum absolute atomic E-state index is 12.5. The summed E-state index contributed by atoms with van der Waals surface area (Å²) in [6.07, 6.45) is 0. The molecule has 0 aromatic carbocycles. The van der Waals surface area contributed by atoms with E-state index in [4.69, 9.17) is 4.52 Å². The molecule has 2 heterocycles. The molecule has 6 nitrogen and oxygen atoms in total. The van der Waals surface area contributed by atoms with Crippen LogP contribution in [0.25, 0.3) is 0 Å². The van der Waals surface area contributed by atoms with Crippen molar-refractivity contribution in [1.82, 2.24) is 15.0 Å². The minimum Gasteiger partial charge on any atom is -0.389 e. The fourth-order valence-corrected chi connectivity index (χ4v) is 2.60. The second kappa shape index (κ2) is 5.54. The fourth-order valence-electron chi connectivity index (χ4n) is 2.60. The molecule has 6 heteroatoms. The predicted molar refractivity (Wildman–Crippen MR) is 74.6 cm³/mol. The van der Waals surface area contributed by atoms with Crippen LogP contribution in [0.2, 0.25) is 0 Å². The highest BCUT2D eigenvalue weighted by atomic mass is 16.5. The number of nitrogens with zero attached hydrogens (tertiary/aromatic N) is 3. The lowest BCUT2D eigenvalue weighted by molar-refractivity contribution is 0.0178. The number of carbonyl (C=O) groups excluding carboxylic acids is 1. The molecule has 0 atom stereocenters. The maximum atomic E-state index is 12.5. The topological polar surface area (TPSA) is 69.8 Å². The Kier molecular flexibility index (Phi) is 4.15. The Balaban J connectivity index is 1.96. The third-order valence-electron chi connectivity index (χ3n) is 3.52. The monoisotopic (exact) mass is 281 g/mol. The van der Waals surface area contributed by atoms with Crippen LogP contribution in [0.1, 0.15) is 35.7 Å². The van der Waals surface area contributed by atoms with Gasteiger partial charge in [0.1, 0.15) is 11.3 Å². The lowest BCUT2D eigenvalue weighted by Crippen LogP contribution is -2.52. The first-order chi connectivity index (χ1) is 9.28. The molecule has 0 aliphatic carbocycles. The van der Waals surface area contributed by atoms with Gasteiger partial charge in [-0.3, -0.25) is 9.69 Å². The van der Waals surface area contributed by atoms with Gasteiger partial charge >= 0.3 is 0 Å². The Labute approximate surface area is 119 Å². The van der Waals surface area contributed by atoms with Gasteiger partial charge in [0, 0.05) is 32.7 Å². The van der Waals surface area contributed by atoms with Gasteiger partial charge in [-0.05, 0) is 27.7 Å². The molecule has 0 bridgehead atoms. The van der Waals surface area contributed by atoms with Crippen LogP contribution in [-0.4, -0.2) is 64.3 Å². The van der Waals surface area contributed by atoms with Crippen molar-refractivity contribution < 1.29 is 14.4 Å². The van der Waals surface area contributed by atoms with E-state index in [0.29, 0.717) is 36.7 Å². The smallest absolute Gasteiger partial charge is 0.259 e. The van der Waals surface area contributed by atoms with Gasteiger partial charge < -0.3 is 14.5 Å². The molecule has 1 amide bonds. The summed E-state index contributed by atoms with van der Waals surface area (Å²) >= 11 is 0. The number of hydrogen-bond donors (Lipinski definition) is 1. The molecule has 1 saturated heterocycles. The summed E-state index contributed by atoms with van der Waals surface area (Å²) < 4.78 is 5.05. The molecule has 1 fully saturated rings. The van der Waals surface area contributed by atoms with Gasteiger partial charge in [0.2, 0.25) is 0 Å². The molecule has 20 heavy (non-hydrogen) atoms. The minimum absolute atomic E-state index is 0.0100. The van der Waals surface area contributed by atoms with Crippen molar-refractivity contribution >= 4 is 5.91 Å². The van der Waals surface area contributed by atoms with Crippen LogP contribution in [0.15, 0.2) is 4.52 Å². The minimum atomic E-state index is -0.701. The second-order valence-electron chi connectivity index (χ2n) is 6.08. The molecule has 0 spiro atoms. The highest BCUT2D eigenvalue weighted by Gasteiger charge is 2.28. The van der Waals surface area contributed by atoms with Crippen molar-refractivity contribution in [3.63, 3.8) is 0 Å². The quantitative estimate of drug-likeness (QED) is 0.888. The maximum Gasteiger partial charge on any atom is 0.259 e. The molecule has 1 aromatic rings. The summed E-state index contributed by atoms with van der Waals surface area (Å²) in [5.74, 6) is 0.565. The van der Waals surface area contributed by atoms with E-state index in [1.807, 2.05) is 4.90 Å². The van der Waals surface area contributed by atoms with E-state index in [9.17, 15) is 9.90 Å². The van der Waals surface area contributed by atoms with E-state index in [-0.39, 0.29) is 5.91 Å². The molecule has 112 valence electrons. The van der Waals surface area contributed by atoms with Crippen LogP contribution >= 0.6 is 0 Å². The summed E-state index contributed by atoms with van der Waals surface area (Å²) in [5, 5.41) is 13.7. The van der Waals surface area contributed by atoms with Crippen molar-refractivity contribution in [2.75, 3.05) is 32.7 Å². The zero-order valence-corrected chi connectivity index (χ0v) is 12.6. The van der Waals surface area contributed by atoms with Gasteiger partial charge in [0.25, 0.3) is 5.91 Å². The zero-order chi connectivity index (χ0) is 14.9. The standard InChI is InChI=1S/C14H23N3O3/c1-10-12(11(2)20-15-10)13(18)17-7-5-16(6-8-17)9-14(3,4)19/h19H,5-9H2,1-4H3. The summed E-state index contributed by atoms with van der Waals surface area (Å²) in [5.41, 5.74) is 0.528. The second-order valence-corrected chi connectivity index (χ2v) is 6.08. The van der Waals surface area contributed by atoms with Gasteiger partial charge in [0.05, 0.1) is 11.3 Å². The van der Waals surface area contributed by atoms with E-state index >= 15 is 0 Å². The largest absolute Gasteiger partial charge is 0.389 e. The van der Waals surface area contributed by atoms with Gasteiger partial charge in [-0.15, -0.1) is 0 Å². The third kappa shape index (κ3) is 3.37. The van der Waals surface area contributed by atoms with Gasteiger partial charge in [0.15, 0.2) is 0 Å². The molecular weight excluding hydrogens is 258 g/mol. The first-order valence-electron chi connectivity index (χ1n) is 6.95. The number of amides is 1. The molecule has 1 aliphatic rings. The van der Waals surface area contributed by atoms with E-state index in [2.05, 4.69) is 10.1 Å². The summed E-state index contributed by atoms with van der Waals surface area (Å²) in [6.45, 7) is 10.7. The van der Waals surface area contributed by atoms with Crippen LogP contribution in [0.4, 0.5) is 0 Å². The van der Waals surface area contributed by atoms with Crippen molar-refractivity contribution in [2.24, 2.45) is 0 Å². The van der Waals surface area contributed by atoms with E-state index in [1.54, 1.807) is 27.7 Å². The fraction of sp³-hybridized carbons (Fsp3) is 0.714. The van der Waals surface area contributed by atoms with Crippen LogP contribution in [0.3, 0.4) is 0 Å². The predicted octanol–water partition coefficient (Wildman–Crippen LogP) is 0.820. The molecule has 1 N–H and O–H groups in total. The van der Waals surface area contributed by atoms with Crippen LogP contribution in [-0.2, 0) is 0 Å². The first kappa shape index (κ1) is 15.0. The Morgan fingerprint density at radius 2 is 1.90 bits per heavy atom. The number of aryl methyl sites for hydroxylation is 2. The lowest BCUT2D eigenvalue weighted by Gasteiger charge is -2.37. The van der Waals surface area contributed by atoms with Crippen molar-refractivity contribution in [1.29, 1.82) is 0 Å². The Hall–Kier alpha value is -1.40. The van der Waals surface area contributed by atoms with Crippen molar-refractivity contribution in [3.05, 3.63) is 17.0 Å². The van der Waals surface area contributed by atoms with Gasteiger partial charge in [-0.2, -0.15) is 0 Å². The highest BCUT2D eigenvalue weighted by Crippen LogP contribution is 2.17. The average molecular weight is 281 g/mol. The number of aromatic nitrogens is 1. The molecule has 0 radical (unpaired) electrons. The van der Waals surface area contributed by atoms with Crippen molar-refractivity contribution in [3.8, 4) is 0 Å². The van der Waals surface area contributed by atoms with E-state index in [0.717, 1.165) is 13.1 Å². The Morgan fingerprint density at radius 1 is 1.30 bits per heavy atom. The molecular formula is C14H23N3O3. The number of aliphatic hydroxyl groups is 1. The number of carbonyl (C=O) groups is 1. The Bertz CT molecular complexity index is 463. The normalized spacial score (nSPS) is 17.6. The van der Waals surface area contributed by atoms with E-state index < -0.39 is 5.60 Å². The molecule has 0 unspecified atom stereocenters. The van der Waals surface area contributed by atoms with Crippen LogP contribution < -0.4 is 0 Å². The SMILES string of the molecule is Cc1noc(C)c1C(=O)N1CCN(CC(C)(C)O)CC1. The van der Waals surface area contributed by atoms with Gasteiger partial charge in [-0.25, -0.2) is 0 Å². The number of β-amino-alcohol motifs (C(OH)–C–C–N with tert-alkyl or cyclic N) is 1. The Morgan fingerprint density at radius 3 is 2.35 bits per heavy atom. The van der Waals surface area contributed by atoms with Crippen LogP contribution in [0, 0.1) is 13.8 Å². The number of hydrogen-bond acceptors (Lipinski definition) is 5. The van der Waals surface area contributed by atoms with Crippen molar-refractivity contribution in [2.45, 2.75) is 33.3 Å². The molecule has 1 aromatic heterocycles.